The summed E-state index contributed by atoms with van der Waals surface area (Å²) in [6.45, 7) is 0.893. The monoisotopic (exact) mass is 405 g/mol. The number of fused-ring (bicyclic) bond motifs is 1. The van der Waals surface area contributed by atoms with Gasteiger partial charge in [-0.25, -0.2) is 17.8 Å². The topological polar surface area (TPSA) is 107 Å². The fourth-order valence-corrected chi connectivity index (χ4v) is 3.41. The molecule has 0 spiro atoms. The number of aryl methyl sites for hydroxylation is 1. The van der Waals surface area contributed by atoms with Crippen LogP contribution in [0.1, 0.15) is 11.3 Å². The molecule has 0 aliphatic rings. The van der Waals surface area contributed by atoms with E-state index in [1.165, 1.54) is 10.5 Å². The van der Waals surface area contributed by atoms with Gasteiger partial charge in [0.05, 0.1) is 10.6 Å². The molecule has 2 aromatic heterocycles. The molecule has 0 aliphatic heterocycles. The van der Waals surface area contributed by atoms with Gasteiger partial charge in [-0.3, -0.25) is 14.0 Å². The number of nitrogens with zero attached hydrogens (tertiary/aromatic N) is 2. The molecule has 146 valence electrons. The van der Waals surface area contributed by atoms with Gasteiger partial charge in [0.15, 0.2) is 0 Å². The fraction of sp³-hybridized carbons (Fsp3) is 0.167. The highest BCUT2D eigenvalue weighted by molar-refractivity contribution is 7.89. The highest BCUT2D eigenvalue weighted by Crippen LogP contribution is 2.09. The normalized spacial score (nSPS) is 11.5. The smallest absolute Gasteiger partial charge is 0.321 e. The van der Waals surface area contributed by atoms with Crippen molar-refractivity contribution in [1.29, 1.82) is 0 Å². The Hall–Kier alpha value is -3.11. The average molecular weight is 405 g/mol. The van der Waals surface area contributed by atoms with Crippen molar-refractivity contribution in [2.75, 3.05) is 6.54 Å². The summed E-state index contributed by atoms with van der Waals surface area (Å²) < 4.78 is 45.4. The number of benzene rings is 1. The summed E-state index contributed by atoms with van der Waals surface area (Å²) in [7, 11) is -3.98. The largest absolute Gasteiger partial charge is 0.458 e. The van der Waals surface area contributed by atoms with Crippen LogP contribution in [0, 0.1) is 12.7 Å². The van der Waals surface area contributed by atoms with E-state index < -0.39 is 28.4 Å². The van der Waals surface area contributed by atoms with E-state index in [-0.39, 0.29) is 22.8 Å². The Kier molecular flexibility index (Phi) is 5.52. The highest BCUT2D eigenvalue weighted by atomic mass is 32.2. The molecule has 0 aliphatic carbocycles. The molecular formula is C18H16FN3O5S. The number of esters is 1. The summed E-state index contributed by atoms with van der Waals surface area (Å²) in [6, 6.07) is 8.91. The summed E-state index contributed by atoms with van der Waals surface area (Å²) >= 11 is 0. The van der Waals surface area contributed by atoms with Crippen LogP contribution in [0.15, 0.2) is 58.4 Å². The Morgan fingerprint density at radius 1 is 1.25 bits per heavy atom. The van der Waals surface area contributed by atoms with Crippen LogP contribution in [0.5, 0.6) is 0 Å². The zero-order valence-corrected chi connectivity index (χ0v) is 15.6. The molecule has 3 rings (SSSR count). The molecule has 0 saturated heterocycles. The minimum Gasteiger partial charge on any atom is -0.458 e. The van der Waals surface area contributed by atoms with E-state index in [1.54, 1.807) is 25.3 Å². The Morgan fingerprint density at radius 2 is 1.96 bits per heavy atom. The standard InChI is InChI=1S/C18H16FN3O5S/c1-12-3-2-8-22-16(23)9-14(21-18(12)22)11-27-17(24)10-20-28(25,26)15-6-4-13(19)5-7-15/h2-9,20H,10-11H2,1H3. The van der Waals surface area contributed by atoms with Crippen molar-refractivity contribution >= 4 is 21.6 Å². The molecule has 0 atom stereocenters. The molecule has 8 nitrogen and oxygen atoms in total. The Morgan fingerprint density at radius 3 is 2.68 bits per heavy atom. The molecule has 0 bridgehead atoms. The Labute approximate surface area is 159 Å². The predicted octanol–water partition coefficient (Wildman–Crippen LogP) is 1.16. The first-order valence-electron chi connectivity index (χ1n) is 8.15. The van der Waals surface area contributed by atoms with Crippen molar-refractivity contribution in [2.24, 2.45) is 0 Å². The molecule has 1 N–H and O–H groups in total. The lowest BCUT2D eigenvalue weighted by Gasteiger charge is -2.08. The highest BCUT2D eigenvalue weighted by Gasteiger charge is 2.16. The minimum absolute atomic E-state index is 0.179. The van der Waals surface area contributed by atoms with Gasteiger partial charge in [0.25, 0.3) is 5.56 Å². The number of hydrogen-bond donors (Lipinski definition) is 1. The predicted molar refractivity (Wildman–Crippen MR) is 97.6 cm³/mol. The molecule has 10 heteroatoms. The van der Waals surface area contributed by atoms with E-state index in [9.17, 15) is 22.4 Å². The number of carbonyl (C=O) groups excluding carboxylic acids is 1. The summed E-state index contributed by atoms with van der Waals surface area (Å²) in [4.78, 5) is 28.0. The van der Waals surface area contributed by atoms with E-state index in [1.807, 2.05) is 0 Å². The minimum atomic E-state index is -3.98. The second-order valence-electron chi connectivity index (χ2n) is 5.91. The van der Waals surface area contributed by atoms with Crippen molar-refractivity contribution in [3.05, 3.63) is 76.1 Å². The van der Waals surface area contributed by atoms with Gasteiger partial charge in [-0.05, 0) is 42.8 Å². The number of sulfonamides is 1. The molecule has 0 radical (unpaired) electrons. The van der Waals surface area contributed by atoms with Gasteiger partial charge in [-0.15, -0.1) is 0 Å². The van der Waals surface area contributed by atoms with E-state index in [0.29, 0.717) is 5.65 Å². The van der Waals surface area contributed by atoms with Crippen LogP contribution in [-0.4, -0.2) is 30.3 Å². The fourth-order valence-electron chi connectivity index (χ4n) is 2.44. The third-order valence-corrected chi connectivity index (χ3v) is 5.27. The van der Waals surface area contributed by atoms with Crippen LogP contribution in [-0.2, 0) is 26.2 Å². The lowest BCUT2D eigenvalue weighted by Crippen LogP contribution is -2.30. The summed E-state index contributed by atoms with van der Waals surface area (Å²) in [5.41, 5.74) is 1.14. The maximum Gasteiger partial charge on any atom is 0.321 e. The number of rotatable bonds is 6. The van der Waals surface area contributed by atoms with E-state index in [4.69, 9.17) is 4.74 Å². The van der Waals surface area contributed by atoms with Crippen LogP contribution < -0.4 is 10.3 Å². The summed E-state index contributed by atoms with van der Waals surface area (Å²) in [5, 5.41) is 0. The first kappa shape index (κ1) is 19.6. The second-order valence-corrected chi connectivity index (χ2v) is 7.68. The van der Waals surface area contributed by atoms with Crippen molar-refractivity contribution in [3.63, 3.8) is 0 Å². The van der Waals surface area contributed by atoms with E-state index >= 15 is 0 Å². The van der Waals surface area contributed by atoms with Crippen LogP contribution in [0.3, 0.4) is 0 Å². The molecule has 0 fully saturated rings. The van der Waals surface area contributed by atoms with Gasteiger partial charge < -0.3 is 4.74 Å². The molecular weight excluding hydrogens is 389 g/mol. The third-order valence-electron chi connectivity index (χ3n) is 3.85. The van der Waals surface area contributed by atoms with Crippen molar-refractivity contribution in [3.8, 4) is 0 Å². The molecule has 0 unspecified atom stereocenters. The quantitative estimate of drug-likeness (QED) is 0.617. The van der Waals surface area contributed by atoms with Crippen LogP contribution in [0.2, 0.25) is 0 Å². The molecule has 0 amide bonds. The molecule has 1 aromatic carbocycles. The zero-order chi connectivity index (χ0) is 20.3. The molecule has 3 aromatic rings. The van der Waals surface area contributed by atoms with Gasteiger partial charge in [0, 0.05) is 12.3 Å². The van der Waals surface area contributed by atoms with Gasteiger partial charge in [0.2, 0.25) is 10.0 Å². The number of carbonyl (C=O) groups is 1. The first-order chi connectivity index (χ1) is 13.3. The Bertz CT molecular complexity index is 1190. The van der Waals surface area contributed by atoms with Crippen molar-refractivity contribution in [1.82, 2.24) is 14.1 Å². The number of aromatic nitrogens is 2. The summed E-state index contributed by atoms with van der Waals surface area (Å²) in [6.07, 6.45) is 1.58. The van der Waals surface area contributed by atoms with Gasteiger partial charge in [-0.2, -0.15) is 4.72 Å². The third kappa shape index (κ3) is 4.41. The number of pyridine rings is 1. The lowest BCUT2D eigenvalue weighted by atomic mass is 10.3. The molecule has 0 saturated carbocycles. The maximum atomic E-state index is 12.9. The second kappa shape index (κ2) is 7.87. The van der Waals surface area contributed by atoms with E-state index in [0.717, 1.165) is 29.8 Å². The van der Waals surface area contributed by atoms with Gasteiger partial charge >= 0.3 is 5.97 Å². The summed E-state index contributed by atoms with van der Waals surface area (Å²) in [5.74, 6) is -1.43. The average Bonchev–Trinajstić information content (AvgIpc) is 2.66. The number of halogens is 1. The Balaban J connectivity index is 1.63. The number of nitrogens with one attached hydrogen (secondary N) is 1. The number of hydrogen-bond acceptors (Lipinski definition) is 6. The van der Waals surface area contributed by atoms with Gasteiger partial charge in [0.1, 0.15) is 24.6 Å². The molecule has 28 heavy (non-hydrogen) atoms. The molecule has 2 heterocycles. The zero-order valence-electron chi connectivity index (χ0n) is 14.8. The van der Waals surface area contributed by atoms with Crippen LogP contribution >= 0.6 is 0 Å². The SMILES string of the molecule is Cc1cccn2c(=O)cc(COC(=O)CNS(=O)(=O)c3ccc(F)cc3)nc12. The lowest BCUT2D eigenvalue weighted by molar-refractivity contribution is -0.143. The van der Waals surface area contributed by atoms with Crippen LogP contribution in [0.4, 0.5) is 4.39 Å². The van der Waals surface area contributed by atoms with Crippen molar-refractivity contribution < 1.29 is 22.3 Å². The van der Waals surface area contributed by atoms with E-state index in [2.05, 4.69) is 9.71 Å². The first-order valence-corrected chi connectivity index (χ1v) is 9.63. The maximum absolute atomic E-state index is 12.9. The number of ether oxygens (including phenoxy) is 1. The van der Waals surface area contributed by atoms with Crippen molar-refractivity contribution in [2.45, 2.75) is 18.4 Å². The van der Waals surface area contributed by atoms with Gasteiger partial charge in [-0.1, -0.05) is 6.07 Å². The van der Waals surface area contributed by atoms with Crippen LogP contribution in [0.25, 0.3) is 5.65 Å².